The van der Waals surface area contributed by atoms with Crippen molar-refractivity contribution in [2.75, 3.05) is 13.1 Å². The molecule has 0 spiro atoms. The molecule has 0 amide bonds. The van der Waals surface area contributed by atoms with E-state index in [9.17, 15) is 13.2 Å². The van der Waals surface area contributed by atoms with Gasteiger partial charge in [0, 0.05) is 13.1 Å². The van der Waals surface area contributed by atoms with Crippen LogP contribution in [0.2, 0.25) is 0 Å². The van der Waals surface area contributed by atoms with Gasteiger partial charge in [0.05, 0.1) is 6.42 Å². The molecule has 2 N–H and O–H groups in total. The van der Waals surface area contributed by atoms with Crippen LogP contribution in [0.4, 0.5) is 13.2 Å². The molecule has 0 heterocycles. The molecule has 0 aromatic carbocycles. The van der Waals surface area contributed by atoms with E-state index in [0.29, 0.717) is 6.54 Å². The molecule has 0 saturated heterocycles. The largest absolute Gasteiger partial charge is 0.390 e. The average molecular weight is 156 g/mol. The molecule has 10 heavy (non-hydrogen) atoms. The summed E-state index contributed by atoms with van der Waals surface area (Å²) in [4.78, 5) is 0. The normalized spacial score (nSPS) is 12.6. The van der Waals surface area contributed by atoms with E-state index in [2.05, 4.69) is 0 Å². The van der Waals surface area contributed by atoms with Gasteiger partial charge in [-0.05, 0) is 0 Å². The van der Waals surface area contributed by atoms with Crippen LogP contribution >= 0.6 is 0 Å². The first-order valence-electron chi connectivity index (χ1n) is 3.02. The van der Waals surface area contributed by atoms with Crippen LogP contribution < -0.4 is 5.84 Å². The van der Waals surface area contributed by atoms with Crippen LogP contribution in [-0.2, 0) is 0 Å². The van der Waals surface area contributed by atoms with Crippen LogP contribution in [0.15, 0.2) is 0 Å². The second-order valence-electron chi connectivity index (χ2n) is 1.99. The van der Waals surface area contributed by atoms with Gasteiger partial charge in [0.1, 0.15) is 0 Å². The van der Waals surface area contributed by atoms with Gasteiger partial charge in [0.2, 0.25) is 0 Å². The van der Waals surface area contributed by atoms with E-state index in [0.717, 1.165) is 5.01 Å². The Hall–Kier alpha value is -0.290. The lowest BCUT2D eigenvalue weighted by atomic mass is 10.4. The number of nitrogens with zero attached hydrogens (tertiary/aromatic N) is 1. The van der Waals surface area contributed by atoms with Gasteiger partial charge in [-0.1, -0.05) is 6.92 Å². The molecule has 0 aliphatic heterocycles. The first kappa shape index (κ1) is 9.71. The van der Waals surface area contributed by atoms with Crippen LogP contribution in [0, 0.1) is 0 Å². The van der Waals surface area contributed by atoms with E-state index in [4.69, 9.17) is 5.84 Å². The highest BCUT2D eigenvalue weighted by atomic mass is 19.4. The first-order chi connectivity index (χ1) is 4.45. The molecule has 0 aliphatic carbocycles. The summed E-state index contributed by atoms with van der Waals surface area (Å²) < 4.78 is 34.4. The molecule has 2 nitrogen and oxygen atoms in total. The van der Waals surface area contributed by atoms with Crippen molar-refractivity contribution in [3.63, 3.8) is 0 Å². The van der Waals surface area contributed by atoms with E-state index < -0.39 is 12.6 Å². The topological polar surface area (TPSA) is 29.3 Å². The van der Waals surface area contributed by atoms with Gasteiger partial charge in [-0.15, -0.1) is 0 Å². The molecule has 0 atom stereocenters. The predicted molar refractivity (Wildman–Crippen MR) is 32.1 cm³/mol. The molecule has 0 aromatic rings. The van der Waals surface area contributed by atoms with Crippen LogP contribution in [-0.4, -0.2) is 24.3 Å². The third-order valence-electron chi connectivity index (χ3n) is 1.09. The Kier molecular flexibility index (Phi) is 3.67. The Bertz CT molecular complexity index is 91.4. The van der Waals surface area contributed by atoms with Crippen LogP contribution in [0.1, 0.15) is 13.3 Å². The van der Waals surface area contributed by atoms with E-state index in [1.54, 1.807) is 6.92 Å². The molecule has 5 heteroatoms. The zero-order valence-corrected chi connectivity index (χ0v) is 5.78. The Morgan fingerprint density at radius 1 is 1.40 bits per heavy atom. The predicted octanol–water partition coefficient (Wildman–Crippen LogP) is 1.13. The maximum atomic E-state index is 11.5. The van der Waals surface area contributed by atoms with E-state index in [-0.39, 0.29) is 6.54 Å². The van der Waals surface area contributed by atoms with Gasteiger partial charge in [0.15, 0.2) is 0 Å². The first-order valence-corrected chi connectivity index (χ1v) is 3.02. The summed E-state index contributed by atoms with van der Waals surface area (Å²) in [7, 11) is 0. The van der Waals surface area contributed by atoms with Gasteiger partial charge in [-0.3, -0.25) is 5.84 Å². The van der Waals surface area contributed by atoms with Gasteiger partial charge >= 0.3 is 6.18 Å². The third kappa shape index (κ3) is 5.84. The fourth-order valence-electron chi connectivity index (χ4n) is 0.428. The van der Waals surface area contributed by atoms with Gasteiger partial charge < -0.3 is 0 Å². The van der Waals surface area contributed by atoms with Crippen molar-refractivity contribution in [2.24, 2.45) is 5.84 Å². The lowest BCUT2D eigenvalue weighted by Gasteiger charge is -2.14. The maximum Gasteiger partial charge on any atom is 0.390 e. The molecule has 0 fully saturated rings. The summed E-state index contributed by atoms with van der Waals surface area (Å²) in [5.41, 5.74) is 0. The number of hydrazine groups is 1. The fourth-order valence-corrected chi connectivity index (χ4v) is 0.428. The summed E-state index contributed by atoms with van der Waals surface area (Å²) in [5.74, 6) is 5.11. The minimum atomic E-state index is -4.09. The minimum absolute atomic E-state index is 0.125. The number of hydrogen-bond acceptors (Lipinski definition) is 2. The number of rotatable bonds is 3. The van der Waals surface area contributed by atoms with Crippen molar-refractivity contribution >= 4 is 0 Å². The molecular weight excluding hydrogens is 145 g/mol. The second kappa shape index (κ2) is 3.78. The Balaban J connectivity index is 3.36. The molecule has 0 radical (unpaired) electrons. The van der Waals surface area contributed by atoms with Gasteiger partial charge in [-0.2, -0.15) is 13.2 Å². The highest BCUT2D eigenvalue weighted by Gasteiger charge is 2.26. The Morgan fingerprint density at radius 3 is 2.20 bits per heavy atom. The van der Waals surface area contributed by atoms with Crippen LogP contribution in [0.5, 0.6) is 0 Å². The van der Waals surface area contributed by atoms with Crippen LogP contribution in [0.3, 0.4) is 0 Å². The Labute approximate surface area is 57.8 Å². The molecular formula is C5H11F3N2. The summed E-state index contributed by atoms with van der Waals surface area (Å²) >= 11 is 0. The van der Waals surface area contributed by atoms with Gasteiger partial charge in [-0.25, -0.2) is 5.01 Å². The highest BCUT2D eigenvalue weighted by Crippen LogP contribution is 2.18. The lowest BCUT2D eigenvalue weighted by Crippen LogP contribution is -2.33. The van der Waals surface area contributed by atoms with Crippen LogP contribution in [0.25, 0.3) is 0 Å². The summed E-state index contributed by atoms with van der Waals surface area (Å²) in [6.07, 6.45) is -4.93. The van der Waals surface area contributed by atoms with Gasteiger partial charge in [0.25, 0.3) is 0 Å². The molecule has 0 aliphatic rings. The standard InChI is InChI=1S/C5H11F3N2/c1-2-10(9)4-3-5(6,7)8/h2-4,9H2,1H3. The van der Waals surface area contributed by atoms with Crippen molar-refractivity contribution in [3.05, 3.63) is 0 Å². The average Bonchev–Trinajstić information content (AvgIpc) is 1.81. The molecule has 0 bridgehead atoms. The summed E-state index contributed by atoms with van der Waals surface area (Å²) in [5, 5.41) is 1.13. The zero-order valence-electron chi connectivity index (χ0n) is 5.78. The number of alkyl halides is 3. The van der Waals surface area contributed by atoms with Crippen molar-refractivity contribution in [1.29, 1.82) is 0 Å². The van der Waals surface area contributed by atoms with Crippen molar-refractivity contribution in [2.45, 2.75) is 19.5 Å². The SMILES string of the molecule is CCN(N)CCC(F)(F)F. The number of halogens is 3. The van der Waals surface area contributed by atoms with E-state index in [1.807, 2.05) is 0 Å². The second-order valence-corrected chi connectivity index (χ2v) is 1.99. The van der Waals surface area contributed by atoms with Crippen molar-refractivity contribution in [3.8, 4) is 0 Å². The molecule has 0 saturated carbocycles. The Morgan fingerprint density at radius 2 is 1.90 bits per heavy atom. The molecule has 0 aromatic heterocycles. The summed E-state index contributed by atoms with van der Waals surface area (Å²) in [6, 6.07) is 0. The quantitative estimate of drug-likeness (QED) is 0.490. The molecule has 0 rings (SSSR count). The minimum Gasteiger partial charge on any atom is -0.269 e. The lowest BCUT2D eigenvalue weighted by molar-refractivity contribution is -0.137. The maximum absolute atomic E-state index is 11.5. The summed E-state index contributed by atoms with van der Waals surface area (Å²) in [6.45, 7) is 2.02. The monoisotopic (exact) mass is 156 g/mol. The van der Waals surface area contributed by atoms with Crippen molar-refractivity contribution in [1.82, 2.24) is 5.01 Å². The van der Waals surface area contributed by atoms with Crippen molar-refractivity contribution < 1.29 is 13.2 Å². The molecule has 0 unspecified atom stereocenters. The smallest absolute Gasteiger partial charge is 0.269 e. The van der Waals surface area contributed by atoms with E-state index >= 15 is 0 Å². The van der Waals surface area contributed by atoms with E-state index in [1.165, 1.54) is 0 Å². The number of hydrogen-bond donors (Lipinski definition) is 1. The highest BCUT2D eigenvalue weighted by molar-refractivity contribution is 4.53. The molecule has 62 valence electrons. The third-order valence-corrected chi connectivity index (χ3v) is 1.09. The number of nitrogens with two attached hydrogens (primary N) is 1. The zero-order chi connectivity index (χ0) is 8.20. The fraction of sp³-hybridized carbons (Fsp3) is 1.00.